The molecule has 0 aliphatic heterocycles. The molecule has 0 saturated heterocycles. The summed E-state index contributed by atoms with van der Waals surface area (Å²) in [6.07, 6.45) is -17.0. The first-order valence-corrected chi connectivity index (χ1v) is 6.28. The van der Waals surface area contributed by atoms with E-state index in [2.05, 4.69) is 20.7 Å². The summed E-state index contributed by atoms with van der Waals surface area (Å²) in [5.74, 6) is -0.944. The molecule has 114 valence electrons. The minimum atomic E-state index is -5.63. The van der Waals surface area contributed by atoms with Crippen molar-refractivity contribution in [1.82, 2.24) is 0 Å². The lowest BCUT2D eigenvalue weighted by atomic mass is 10.1. The lowest BCUT2D eigenvalue weighted by molar-refractivity contribution is -0.330. The van der Waals surface area contributed by atoms with Crippen LogP contribution >= 0.6 is 15.9 Å². The molecule has 0 spiro atoms. The number of benzene rings is 1. The first-order chi connectivity index (χ1) is 9.07. The number of hydrogen-bond donors (Lipinski definition) is 0. The van der Waals surface area contributed by atoms with Crippen LogP contribution in [0.15, 0.2) is 24.3 Å². The Bertz CT molecular complexity index is 429. The van der Waals surface area contributed by atoms with Gasteiger partial charge in [-0.15, -0.1) is 0 Å². The largest absolute Gasteiger partial charge is 0.423 e. The highest BCUT2D eigenvalue weighted by atomic mass is 79.9. The summed E-state index contributed by atoms with van der Waals surface area (Å²) in [6, 6.07) is 4.53. The van der Waals surface area contributed by atoms with Crippen molar-refractivity contribution in [3.05, 3.63) is 35.6 Å². The predicted molar refractivity (Wildman–Crippen MR) is 59.9 cm³/mol. The summed E-state index contributed by atoms with van der Waals surface area (Å²) in [7, 11) is 0. The van der Waals surface area contributed by atoms with E-state index in [1.165, 1.54) is 12.1 Å². The monoisotopic (exact) mass is 368 g/mol. The van der Waals surface area contributed by atoms with Crippen molar-refractivity contribution in [2.45, 2.75) is 24.6 Å². The Morgan fingerprint density at radius 1 is 1.00 bits per heavy atom. The number of ether oxygens (including phenoxy) is 1. The topological polar surface area (TPSA) is 9.23 Å². The molecule has 0 aromatic heterocycles. The Kier molecular flexibility index (Phi) is 5.42. The fourth-order valence-corrected chi connectivity index (χ4v) is 1.93. The van der Waals surface area contributed by atoms with E-state index in [1.807, 2.05) is 0 Å². The molecule has 9 heteroatoms. The molecule has 1 unspecified atom stereocenters. The quantitative estimate of drug-likeness (QED) is 0.549. The predicted octanol–water partition coefficient (Wildman–Crippen LogP) is 4.77. The zero-order valence-electron chi connectivity index (χ0n) is 9.60. The zero-order valence-corrected chi connectivity index (χ0v) is 11.2. The normalized spacial score (nSPS) is 14.7. The van der Waals surface area contributed by atoms with Crippen molar-refractivity contribution in [3.8, 4) is 0 Å². The van der Waals surface area contributed by atoms with Gasteiger partial charge in [0.2, 0.25) is 6.10 Å². The molecule has 0 radical (unpaired) electrons. The van der Waals surface area contributed by atoms with Gasteiger partial charge in [-0.3, -0.25) is 0 Å². The molecule has 0 fully saturated rings. The van der Waals surface area contributed by atoms with Gasteiger partial charge in [-0.25, -0.2) is 4.39 Å². The third kappa shape index (κ3) is 4.34. The lowest BCUT2D eigenvalue weighted by Gasteiger charge is -2.27. The van der Waals surface area contributed by atoms with Crippen LogP contribution in [0.3, 0.4) is 0 Å². The molecule has 20 heavy (non-hydrogen) atoms. The van der Waals surface area contributed by atoms with E-state index < -0.39 is 35.7 Å². The molecule has 1 nitrogen and oxygen atoms in total. The van der Waals surface area contributed by atoms with Crippen LogP contribution < -0.4 is 0 Å². The summed E-state index contributed by atoms with van der Waals surface area (Å²) < 4.78 is 91.7. The Hall–Kier alpha value is -0.830. The number of alkyl halides is 7. The zero-order chi connectivity index (χ0) is 15.6. The van der Waals surface area contributed by atoms with E-state index in [0.29, 0.717) is 0 Å². The maximum Gasteiger partial charge on any atom is 0.423 e. The fourth-order valence-electron chi connectivity index (χ4n) is 1.43. The summed E-state index contributed by atoms with van der Waals surface area (Å²) >= 11 is 2.72. The first-order valence-electron chi connectivity index (χ1n) is 5.16. The van der Waals surface area contributed by atoms with E-state index in [4.69, 9.17) is 0 Å². The highest BCUT2D eigenvalue weighted by Crippen LogP contribution is 2.39. The van der Waals surface area contributed by atoms with Gasteiger partial charge in [-0.1, -0.05) is 34.1 Å². The number of hydrogen-bond acceptors (Lipinski definition) is 1. The second kappa shape index (κ2) is 6.30. The smallest absolute Gasteiger partial charge is 0.352 e. The van der Waals surface area contributed by atoms with E-state index >= 15 is 0 Å². The molecule has 1 aromatic carbocycles. The van der Waals surface area contributed by atoms with Crippen molar-refractivity contribution in [3.63, 3.8) is 0 Å². The van der Waals surface area contributed by atoms with E-state index in [0.717, 1.165) is 12.1 Å². The van der Waals surface area contributed by atoms with Crippen molar-refractivity contribution in [2.75, 3.05) is 5.33 Å². The van der Waals surface area contributed by atoms with Crippen molar-refractivity contribution < 1.29 is 35.5 Å². The Balaban J connectivity index is 3.05. The van der Waals surface area contributed by atoms with Gasteiger partial charge in [-0.05, 0) is 6.07 Å². The highest BCUT2D eigenvalue weighted by Gasteiger charge is 2.58. The van der Waals surface area contributed by atoms with Crippen LogP contribution in [-0.2, 0) is 4.74 Å². The van der Waals surface area contributed by atoms with Gasteiger partial charge >= 0.3 is 12.4 Å². The maximum atomic E-state index is 13.4. The van der Waals surface area contributed by atoms with Crippen molar-refractivity contribution in [1.29, 1.82) is 0 Å². The SMILES string of the molecule is Fc1ccccc1C(CBr)OC(C(F)(F)F)C(F)(F)F. The van der Waals surface area contributed by atoms with Crippen molar-refractivity contribution in [2.24, 2.45) is 0 Å². The standard InChI is InChI=1S/C11H8BrF7O/c12-5-8(6-3-1-2-4-7(6)13)20-9(10(14,15)16)11(17,18)19/h1-4,8-9H,5H2. The average Bonchev–Trinajstić information content (AvgIpc) is 2.28. The van der Waals surface area contributed by atoms with Gasteiger partial charge in [0, 0.05) is 10.9 Å². The fraction of sp³-hybridized carbons (Fsp3) is 0.455. The van der Waals surface area contributed by atoms with Gasteiger partial charge in [0.25, 0.3) is 0 Å². The van der Waals surface area contributed by atoms with Crippen LogP contribution in [0.1, 0.15) is 11.7 Å². The molecule has 0 aliphatic rings. The van der Waals surface area contributed by atoms with Gasteiger partial charge in [0.15, 0.2) is 0 Å². The van der Waals surface area contributed by atoms with Crippen LogP contribution in [0.25, 0.3) is 0 Å². The van der Waals surface area contributed by atoms with E-state index in [1.54, 1.807) is 0 Å². The van der Waals surface area contributed by atoms with Crippen LogP contribution in [0.2, 0.25) is 0 Å². The van der Waals surface area contributed by atoms with Crippen LogP contribution in [0.5, 0.6) is 0 Å². The third-order valence-electron chi connectivity index (χ3n) is 2.29. The molecular formula is C11H8BrF7O. The molecule has 0 amide bonds. The molecule has 0 saturated carbocycles. The third-order valence-corrected chi connectivity index (χ3v) is 2.88. The van der Waals surface area contributed by atoms with Gasteiger partial charge < -0.3 is 4.74 Å². The summed E-state index contributed by atoms with van der Waals surface area (Å²) in [6.45, 7) is 0. The maximum absolute atomic E-state index is 13.4. The molecule has 0 aliphatic carbocycles. The molecule has 0 heterocycles. The number of halogens is 8. The Morgan fingerprint density at radius 2 is 1.50 bits per heavy atom. The van der Waals surface area contributed by atoms with Gasteiger partial charge in [0.1, 0.15) is 5.82 Å². The lowest BCUT2D eigenvalue weighted by Crippen LogP contribution is -2.45. The summed E-state index contributed by atoms with van der Waals surface area (Å²) in [4.78, 5) is 0. The minimum Gasteiger partial charge on any atom is -0.352 e. The summed E-state index contributed by atoms with van der Waals surface area (Å²) in [5.41, 5.74) is -0.386. The first kappa shape index (κ1) is 17.2. The van der Waals surface area contributed by atoms with Gasteiger partial charge in [-0.2, -0.15) is 26.3 Å². The summed E-state index contributed by atoms with van der Waals surface area (Å²) in [5, 5.41) is -0.420. The van der Waals surface area contributed by atoms with Gasteiger partial charge in [0.05, 0.1) is 6.10 Å². The van der Waals surface area contributed by atoms with Crippen LogP contribution in [-0.4, -0.2) is 23.8 Å². The Morgan fingerprint density at radius 3 is 1.90 bits per heavy atom. The molecule has 1 rings (SSSR count). The molecular weight excluding hydrogens is 361 g/mol. The second-order valence-electron chi connectivity index (χ2n) is 3.76. The Labute approximate surface area is 117 Å². The highest BCUT2D eigenvalue weighted by molar-refractivity contribution is 9.09. The van der Waals surface area contributed by atoms with E-state index in [9.17, 15) is 30.7 Å². The van der Waals surface area contributed by atoms with Crippen LogP contribution in [0.4, 0.5) is 30.7 Å². The molecule has 0 bridgehead atoms. The second-order valence-corrected chi connectivity index (χ2v) is 4.41. The van der Waals surface area contributed by atoms with Crippen LogP contribution in [0, 0.1) is 5.82 Å². The van der Waals surface area contributed by atoms with E-state index in [-0.39, 0.29) is 5.56 Å². The minimum absolute atomic E-state index is 0.386. The molecule has 1 aromatic rings. The van der Waals surface area contributed by atoms with Crippen molar-refractivity contribution >= 4 is 15.9 Å². The molecule has 0 N–H and O–H groups in total. The molecule has 1 atom stereocenters. The number of rotatable bonds is 4. The average molecular weight is 369 g/mol.